The molecule has 3 nitrogen and oxygen atoms in total. The van der Waals surface area contributed by atoms with E-state index in [1.807, 2.05) is 7.05 Å². The Kier molecular flexibility index (Phi) is 6.16. The van der Waals surface area contributed by atoms with Gasteiger partial charge in [-0.3, -0.25) is 0 Å². The predicted molar refractivity (Wildman–Crippen MR) is 77.2 cm³/mol. The summed E-state index contributed by atoms with van der Waals surface area (Å²) < 4.78 is 5.53. The predicted octanol–water partition coefficient (Wildman–Crippen LogP) is 2.82. The van der Waals surface area contributed by atoms with Crippen molar-refractivity contribution in [3.8, 4) is 5.75 Å². The summed E-state index contributed by atoms with van der Waals surface area (Å²) in [4.78, 5) is 0. The van der Waals surface area contributed by atoms with Gasteiger partial charge in [0.25, 0.3) is 0 Å². The SMILES string of the molecule is CNC(CCCN)c1ccc(C(C)C)cc1OC. The maximum atomic E-state index is 5.58. The Morgan fingerprint density at radius 2 is 2.06 bits per heavy atom. The third-order valence-electron chi connectivity index (χ3n) is 3.35. The second-order valence-corrected chi connectivity index (χ2v) is 4.93. The number of methoxy groups -OCH3 is 1. The van der Waals surface area contributed by atoms with Crippen molar-refractivity contribution in [3.63, 3.8) is 0 Å². The Hall–Kier alpha value is -1.06. The van der Waals surface area contributed by atoms with Crippen LogP contribution < -0.4 is 15.8 Å². The molecule has 3 heteroatoms. The van der Waals surface area contributed by atoms with Gasteiger partial charge in [-0.25, -0.2) is 0 Å². The number of hydrogen-bond donors (Lipinski definition) is 2. The zero-order valence-corrected chi connectivity index (χ0v) is 12.0. The highest BCUT2D eigenvalue weighted by atomic mass is 16.5. The Bertz CT molecular complexity index is 364. The third-order valence-corrected chi connectivity index (χ3v) is 3.35. The van der Waals surface area contributed by atoms with Crippen LogP contribution in [0, 0.1) is 0 Å². The van der Waals surface area contributed by atoms with Crippen molar-refractivity contribution >= 4 is 0 Å². The second kappa shape index (κ2) is 7.39. The van der Waals surface area contributed by atoms with Gasteiger partial charge in [0.1, 0.15) is 5.75 Å². The highest BCUT2D eigenvalue weighted by molar-refractivity contribution is 5.40. The number of nitrogens with two attached hydrogens (primary N) is 1. The van der Waals surface area contributed by atoms with E-state index in [1.165, 1.54) is 11.1 Å². The molecule has 3 N–H and O–H groups in total. The molecule has 102 valence electrons. The number of benzene rings is 1. The molecule has 0 radical (unpaired) electrons. The van der Waals surface area contributed by atoms with Crippen LogP contribution in [0.25, 0.3) is 0 Å². The topological polar surface area (TPSA) is 47.3 Å². The summed E-state index contributed by atoms with van der Waals surface area (Å²) in [6.07, 6.45) is 2.05. The van der Waals surface area contributed by atoms with E-state index in [4.69, 9.17) is 10.5 Å². The first-order valence-corrected chi connectivity index (χ1v) is 6.69. The molecule has 0 aliphatic rings. The summed E-state index contributed by atoms with van der Waals surface area (Å²) >= 11 is 0. The number of hydrogen-bond acceptors (Lipinski definition) is 3. The molecular weight excluding hydrogens is 224 g/mol. The van der Waals surface area contributed by atoms with E-state index in [0.717, 1.165) is 25.1 Å². The fourth-order valence-corrected chi connectivity index (χ4v) is 2.15. The first-order valence-electron chi connectivity index (χ1n) is 6.69. The molecule has 1 rings (SSSR count). The van der Waals surface area contributed by atoms with Crippen LogP contribution in [-0.2, 0) is 0 Å². The van der Waals surface area contributed by atoms with E-state index in [-0.39, 0.29) is 0 Å². The Morgan fingerprint density at radius 3 is 2.56 bits per heavy atom. The molecule has 1 aromatic rings. The van der Waals surface area contributed by atoms with Gasteiger partial charge < -0.3 is 15.8 Å². The van der Waals surface area contributed by atoms with E-state index >= 15 is 0 Å². The molecule has 0 aliphatic heterocycles. The summed E-state index contributed by atoms with van der Waals surface area (Å²) in [5, 5.41) is 3.34. The standard InChI is InChI=1S/C15H26N2O/c1-11(2)12-7-8-13(15(10-12)18-4)14(17-3)6-5-9-16/h7-8,10-11,14,17H,5-6,9,16H2,1-4H3. The lowest BCUT2D eigenvalue weighted by molar-refractivity contribution is 0.397. The Balaban J connectivity index is 2.98. The van der Waals surface area contributed by atoms with Gasteiger partial charge in [-0.05, 0) is 44.0 Å². The van der Waals surface area contributed by atoms with E-state index in [1.54, 1.807) is 7.11 Å². The lowest BCUT2D eigenvalue weighted by atomic mass is 9.96. The monoisotopic (exact) mass is 250 g/mol. The van der Waals surface area contributed by atoms with Crippen LogP contribution in [0.3, 0.4) is 0 Å². The second-order valence-electron chi connectivity index (χ2n) is 4.93. The maximum Gasteiger partial charge on any atom is 0.123 e. The largest absolute Gasteiger partial charge is 0.496 e. The molecule has 18 heavy (non-hydrogen) atoms. The van der Waals surface area contributed by atoms with Crippen LogP contribution in [0.1, 0.15) is 49.8 Å². The normalized spacial score (nSPS) is 12.8. The van der Waals surface area contributed by atoms with Crippen LogP contribution >= 0.6 is 0 Å². The molecule has 0 amide bonds. The molecule has 0 saturated carbocycles. The zero-order valence-electron chi connectivity index (χ0n) is 12.0. The Labute approximate surface area is 111 Å². The van der Waals surface area contributed by atoms with Gasteiger partial charge in [-0.1, -0.05) is 26.0 Å². The first kappa shape index (κ1) is 15.0. The van der Waals surface area contributed by atoms with Crippen LogP contribution in [0.2, 0.25) is 0 Å². The number of rotatable bonds is 7. The van der Waals surface area contributed by atoms with Gasteiger partial charge >= 0.3 is 0 Å². The average molecular weight is 250 g/mol. The zero-order chi connectivity index (χ0) is 13.5. The fraction of sp³-hybridized carbons (Fsp3) is 0.600. The van der Waals surface area contributed by atoms with E-state index in [2.05, 4.69) is 37.4 Å². The van der Waals surface area contributed by atoms with Crippen molar-refractivity contribution in [2.45, 2.75) is 38.6 Å². The minimum atomic E-state index is 0.310. The minimum Gasteiger partial charge on any atom is -0.496 e. The van der Waals surface area contributed by atoms with Gasteiger partial charge in [0.05, 0.1) is 7.11 Å². The fourth-order valence-electron chi connectivity index (χ4n) is 2.15. The van der Waals surface area contributed by atoms with Gasteiger partial charge in [0, 0.05) is 11.6 Å². The average Bonchev–Trinajstić information content (AvgIpc) is 2.39. The molecule has 0 heterocycles. The summed E-state index contributed by atoms with van der Waals surface area (Å²) in [7, 11) is 3.72. The molecule has 0 fully saturated rings. The molecule has 1 aromatic carbocycles. The Morgan fingerprint density at radius 1 is 1.33 bits per heavy atom. The lowest BCUT2D eigenvalue weighted by Gasteiger charge is -2.20. The molecule has 1 atom stereocenters. The van der Waals surface area contributed by atoms with Crippen molar-refractivity contribution in [2.75, 3.05) is 20.7 Å². The summed E-state index contributed by atoms with van der Waals surface area (Å²) in [6, 6.07) is 6.82. The molecule has 0 aliphatic carbocycles. The van der Waals surface area contributed by atoms with E-state index in [0.29, 0.717) is 12.0 Å². The van der Waals surface area contributed by atoms with E-state index < -0.39 is 0 Å². The first-order chi connectivity index (χ1) is 8.63. The molecule has 0 saturated heterocycles. The highest BCUT2D eigenvalue weighted by Crippen LogP contribution is 2.31. The molecule has 0 aromatic heterocycles. The van der Waals surface area contributed by atoms with Crippen LogP contribution in [0.4, 0.5) is 0 Å². The molecular formula is C15H26N2O. The lowest BCUT2D eigenvalue weighted by Crippen LogP contribution is -2.18. The summed E-state index contributed by atoms with van der Waals surface area (Å²) in [5.74, 6) is 1.49. The molecule has 0 bridgehead atoms. The van der Waals surface area contributed by atoms with Crippen LogP contribution in [0.15, 0.2) is 18.2 Å². The maximum absolute atomic E-state index is 5.58. The smallest absolute Gasteiger partial charge is 0.123 e. The van der Waals surface area contributed by atoms with Gasteiger partial charge in [-0.15, -0.1) is 0 Å². The minimum absolute atomic E-state index is 0.310. The van der Waals surface area contributed by atoms with Crippen molar-refractivity contribution in [1.29, 1.82) is 0 Å². The van der Waals surface area contributed by atoms with Crippen LogP contribution in [-0.4, -0.2) is 20.7 Å². The van der Waals surface area contributed by atoms with Crippen molar-refractivity contribution in [2.24, 2.45) is 5.73 Å². The van der Waals surface area contributed by atoms with Gasteiger partial charge in [-0.2, -0.15) is 0 Å². The van der Waals surface area contributed by atoms with Crippen LogP contribution in [0.5, 0.6) is 5.75 Å². The number of nitrogens with one attached hydrogen (secondary N) is 1. The molecule has 1 unspecified atom stereocenters. The molecule has 0 spiro atoms. The van der Waals surface area contributed by atoms with Gasteiger partial charge in [0.2, 0.25) is 0 Å². The highest BCUT2D eigenvalue weighted by Gasteiger charge is 2.15. The summed E-state index contributed by atoms with van der Waals surface area (Å²) in [6.45, 7) is 5.11. The quantitative estimate of drug-likeness (QED) is 0.782. The third kappa shape index (κ3) is 3.72. The van der Waals surface area contributed by atoms with E-state index in [9.17, 15) is 0 Å². The van der Waals surface area contributed by atoms with Crippen molar-refractivity contribution < 1.29 is 4.74 Å². The van der Waals surface area contributed by atoms with Gasteiger partial charge in [0.15, 0.2) is 0 Å². The number of ether oxygens (including phenoxy) is 1. The summed E-state index contributed by atoms with van der Waals surface area (Å²) in [5.41, 5.74) is 8.11. The van der Waals surface area contributed by atoms with Crippen molar-refractivity contribution in [3.05, 3.63) is 29.3 Å². The van der Waals surface area contributed by atoms with Crippen molar-refractivity contribution in [1.82, 2.24) is 5.32 Å².